The SMILES string of the molecule is CC1(C)CCN(c2ccc(C#Cc3ccccc3)nc2)C1=O. The van der Waals surface area contributed by atoms with Gasteiger partial charge in [0.15, 0.2) is 0 Å². The van der Waals surface area contributed by atoms with E-state index in [1.165, 1.54) is 0 Å². The largest absolute Gasteiger partial charge is 0.310 e. The van der Waals surface area contributed by atoms with Crippen LogP contribution in [0.15, 0.2) is 48.7 Å². The second-order valence-corrected chi connectivity index (χ2v) is 6.11. The molecule has 22 heavy (non-hydrogen) atoms. The number of aromatic nitrogens is 1. The molecule has 1 aromatic heterocycles. The van der Waals surface area contributed by atoms with Crippen LogP contribution in [0.4, 0.5) is 5.69 Å². The molecule has 110 valence electrons. The molecule has 1 aliphatic heterocycles. The summed E-state index contributed by atoms with van der Waals surface area (Å²) in [6.07, 6.45) is 2.61. The van der Waals surface area contributed by atoms with Gasteiger partial charge in [0.1, 0.15) is 5.69 Å². The fraction of sp³-hybridized carbons (Fsp3) is 0.263. The number of carbonyl (C=O) groups is 1. The van der Waals surface area contributed by atoms with Gasteiger partial charge in [0.05, 0.1) is 11.9 Å². The van der Waals surface area contributed by atoms with Crippen LogP contribution in [-0.2, 0) is 4.79 Å². The van der Waals surface area contributed by atoms with Gasteiger partial charge in [-0.25, -0.2) is 4.98 Å². The van der Waals surface area contributed by atoms with Gasteiger partial charge in [-0.2, -0.15) is 0 Å². The molecule has 0 atom stereocenters. The Morgan fingerprint density at radius 2 is 1.86 bits per heavy atom. The summed E-state index contributed by atoms with van der Waals surface area (Å²) in [6, 6.07) is 13.6. The number of hydrogen-bond acceptors (Lipinski definition) is 2. The summed E-state index contributed by atoms with van der Waals surface area (Å²) in [7, 11) is 0. The van der Waals surface area contributed by atoms with E-state index in [0.29, 0.717) is 5.69 Å². The third-order valence-corrected chi connectivity index (χ3v) is 3.95. The number of carbonyl (C=O) groups excluding carboxylic acids is 1. The molecule has 1 fully saturated rings. The summed E-state index contributed by atoms with van der Waals surface area (Å²) < 4.78 is 0. The predicted octanol–water partition coefficient (Wildman–Crippen LogP) is 3.24. The van der Waals surface area contributed by atoms with Gasteiger partial charge in [0, 0.05) is 17.5 Å². The zero-order chi connectivity index (χ0) is 15.6. The number of benzene rings is 1. The summed E-state index contributed by atoms with van der Waals surface area (Å²) >= 11 is 0. The Balaban J connectivity index is 1.77. The first-order valence-corrected chi connectivity index (χ1v) is 7.41. The van der Waals surface area contributed by atoms with E-state index < -0.39 is 0 Å². The molecule has 3 heteroatoms. The monoisotopic (exact) mass is 290 g/mol. The van der Waals surface area contributed by atoms with Crippen LogP contribution in [0, 0.1) is 17.3 Å². The molecule has 3 nitrogen and oxygen atoms in total. The average molecular weight is 290 g/mol. The summed E-state index contributed by atoms with van der Waals surface area (Å²) in [6.45, 7) is 4.73. The average Bonchev–Trinajstić information content (AvgIpc) is 2.81. The van der Waals surface area contributed by atoms with Gasteiger partial charge in [0.25, 0.3) is 0 Å². The number of pyridine rings is 1. The molecule has 0 aliphatic carbocycles. The van der Waals surface area contributed by atoms with Crippen LogP contribution in [0.1, 0.15) is 31.5 Å². The highest BCUT2D eigenvalue weighted by Crippen LogP contribution is 2.33. The summed E-state index contributed by atoms with van der Waals surface area (Å²) in [5.74, 6) is 6.28. The first kappa shape index (κ1) is 14.3. The second kappa shape index (κ2) is 5.65. The molecule has 2 aromatic rings. The summed E-state index contributed by atoms with van der Waals surface area (Å²) in [5, 5.41) is 0. The van der Waals surface area contributed by atoms with Gasteiger partial charge in [-0.05, 0) is 36.6 Å². The molecule has 0 bridgehead atoms. The minimum atomic E-state index is -0.272. The van der Waals surface area contributed by atoms with Gasteiger partial charge in [0.2, 0.25) is 5.91 Å². The Morgan fingerprint density at radius 3 is 2.45 bits per heavy atom. The number of nitrogens with zero attached hydrogens (tertiary/aromatic N) is 2. The fourth-order valence-electron chi connectivity index (χ4n) is 2.49. The summed E-state index contributed by atoms with van der Waals surface area (Å²) in [4.78, 5) is 18.5. The van der Waals surface area contributed by atoms with Crippen molar-refractivity contribution in [3.8, 4) is 11.8 Å². The lowest BCUT2D eigenvalue weighted by Gasteiger charge is -2.19. The zero-order valence-electron chi connectivity index (χ0n) is 12.8. The van der Waals surface area contributed by atoms with Gasteiger partial charge >= 0.3 is 0 Å². The molecule has 0 unspecified atom stereocenters. The van der Waals surface area contributed by atoms with Crippen molar-refractivity contribution in [3.05, 3.63) is 59.9 Å². The molecule has 0 radical (unpaired) electrons. The number of rotatable bonds is 1. The molecule has 0 spiro atoms. The predicted molar refractivity (Wildman–Crippen MR) is 87.4 cm³/mol. The van der Waals surface area contributed by atoms with Crippen molar-refractivity contribution in [2.45, 2.75) is 20.3 Å². The molecule has 1 aromatic carbocycles. The molecule has 3 rings (SSSR count). The Morgan fingerprint density at radius 1 is 1.09 bits per heavy atom. The lowest BCUT2D eigenvalue weighted by atomic mass is 9.92. The van der Waals surface area contributed by atoms with Crippen LogP contribution in [0.25, 0.3) is 0 Å². The van der Waals surface area contributed by atoms with Crippen LogP contribution in [0.5, 0.6) is 0 Å². The summed E-state index contributed by atoms with van der Waals surface area (Å²) in [5.41, 5.74) is 2.25. The van der Waals surface area contributed by atoms with E-state index in [0.717, 1.165) is 24.2 Å². The molecule has 0 N–H and O–H groups in total. The minimum Gasteiger partial charge on any atom is -0.310 e. The highest BCUT2D eigenvalue weighted by Gasteiger charge is 2.39. The normalized spacial score (nSPS) is 16.3. The van der Waals surface area contributed by atoms with Gasteiger partial charge in [-0.15, -0.1) is 0 Å². The van der Waals surface area contributed by atoms with Crippen LogP contribution >= 0.6 is 0 Å². The van der Waals surface area contributed by atoms with Gasteiger partial charge in [-0.3, -0.25) is 4.79 Å². The topological polar surface area (TPSA) is 33.2 Å². The third-order valence-electron chi connectivity index (χ3n) is 3.95. The maximum absolute atomic E-state index is 12.3. The van der Waals surface area contributed by atoms with E-state index >= 15 is 0 Å². The number of hydrogen-bond donors (Lipinski definition) is 0. The number of anilines is 1. The zero-order valence-corrected chi connectivity index (χ0v) is 12.8. The third kappa shape index (κ3) is 2.87. The highest BCUT2D eigenvalue weighted by molar-refractivity contribution is 5.99. The maximum Gasteiger partial charge on any atom is 0.232 e. The van der Waals surface area contributed by atoms with E-state index in [1.807, 2.05) is 56.3 Å². The second-order valence-electron chi connectivity index (χ2n) is 6.11. The van der Waals surface area contributed by atoms with Crippen molar-refractivity contribution in [1.82, 2.24) is 4.98 Å². The van der Waals surface area contributed by atoms with Crippen molar-refractivity contribution in [3.63, 3.8) is 0 Å². The Kier molecular flexibility index (Phi) is 3.68. The Hall–Kier alpha value is -2.60. The standard InChI is InChI=1S/C19H18N2O/c1-19(2)12-13-21(18(19)22)17-11-10-16(20-14-17)9-8-15-6-4-3-5-7-15/h3-7,10-11,14H,12-13H2,1-2H3. The van der Waals surface area contributed by atoms with Crippen molar-refractivity contribution in [2.24, 2.45) is 5.41 Å². The smallest absolute Gasteiger partial charge is 0.232 e. The lowest BCUT2D eigenvalue weighted by Crippen LogP contribution is -2.30. The molecule has 1 saturated heterocycles. The molecular formula is C19H18N2O. The van der Waals surface area contributed by atoms with E-state index in [2.05, 4.69) is 16.8 Å². The minimum absolute atomic E-state index is 0.164. The molecule has 2 heterocycles. The lowest BCUT2D eigenvalue weighted by molar-refractivity contribution is -0.123. The van der Waals surface area contributed by atoms with E-state index in [4.69, 9.17) is 0 Å². The van der Waals surface area contributed by atoms with Gasteiger partial charge < -0.3 is 4.90 Å². The van der Waals surface area contributed by atoms with E-state index in [-0.39, 0.29) is 11.3 Å². The Labute approximate surface area is 131 Å². The fourth-order valence-corrected chi connectivity index (χ4v) is 2.49. The van der Waals surface area contributed by atoms with Crippen molar-refractivity contribution in [1.29, 1.82) is 0 Å². The van der Waals surface area contributed by atoms with Crippen molar-refractivity contribution in [2.75, 3.05) is 11.4 Å². The Bertz CT molecular complexity index is 736. The molecule has 1 aliphatic rings. The molecule has 1 amide bonds. The van der Waals surface area contributed by atoms with Crippen LogP contribution < -0.4 is 4.90 Å². The van der Waals surface area contributed by atoms with Crippen molar-refractivity contribution < 1.29 is 4.79 Å². The maximum atomic E-state index is 12.3. The van der Waals surface area contributed by atoms with E-state index in [9.17, 15) is 4.79 Å². The van der Waals surface area contributed by atoms with Gasteiger partial charge in [-0.1, -0.05) is 38.0 Å². The highest BCUT2D eigenvalue weighted by atomic mass is 16.2. The van der Waals surface area contributed by atoms with Crippen molar-refractivity contribution >= 4 is 11.6 Å². The van der Waals surface area contributed by atoms with Crippen LogP contribution in [0.3, 0.4) is 0 Å². The quantitative estimate of drug-likeness (QED) is 0.755. The number of amides is 1. The first-order valence-electron chi connectivity index (χ1n) is 7.41. The first-order chi connectivity index (χ1) is 10.6. The molecule has 0 saturated carbocycles. The molecular weight excluding hydrogens is 272 g/mol. The van der Waals surface area contributed by atoms with Crippen LogP contribution in [-0.4, -0.2) is 17.4 Å². The van der Waals surface area contributed by atoms with Crippen LogP contribution in [0.2, 0.25) is 0 Å². The van der Waals surface area contributed by atoms with E-state index in [1.54, 1.807) is 11.1 Å².